The minimum absolute atomic E-state index is 0.438. The molecule has 2 unspecified atom stereocenters. The Hall–Kier alpha value is -0.610. The van der Waals surface area contributed by atoms with E-state index in [1.54, 1.807) is 0 Å². The van der Waals surface area contributed by atoms with Crippen LogP contribution >= 0.6 is 0 Å². The van der Waals surface area contributed by atoms with Crippen molar-refractivity contribution >= 4 is 5.97 Å². The molecule has 4 nitrogen and oxygen atoms in total. The van der Waals surface area contributed by atoms with Crippen molar-refractivity contribution in [1.82, 2.24) is 9.80 Å². The average molecular weight is 268 g/mol. The molecule has 2 fully saturated rings. The summed E-state index contributed by atoms with van der Waals surface area (Å²) in [5.74, 6) is -0.602. The van der Waals surface area contributed by atoms with Gasteiger partial charge in [-0.3, -0.25) is 14.6 Å². The Morgan fingerprint density at radius 2 is 2.16 bits per heavy atom. The molecule has 2 atom stereocenters. The first kappa shape index (κ1) is 14.8. The van der Waals surface area contributed by atoms with E-state index in [1.807, 2.05) is 0 Å². The molecule has 0 aliphatic carbocycles. The van der Waals surface area contributed by atoms with Gasteiger partial charge in [0.1, 0.15) is 5.54 Å². The Morgan fingerprint density at radius 1 is 1.42 bits per heavy atom. The number of carboxylic acid groups (broad SMARTS) is 1. The van der Waals surface area contributed by atoms with Gasteiger partial charge in [0.2, 0.25) is 0 Å². The van der Waals surface area contributed by atoms with Crippen LogP contribution in [-0.4, -0.2) is 58.1 Å². The highest BCUT2D eigenvalue weighted by Crippen LogP contribution is 2.37. The lowest BCUT2D eigenvalue weighted by Gasteiger charge is -2.39. The minimum Gasteiger partial charge on any atom is -0.480 e. The standard InChI is InChI=1S/C15H28N2O2/c1-4-7-15(14(18)19)8-5-9-17(15)13-6-10-16(11-13)12(2)3/h12-13H,4-11H2,1-3H3,(H,18,19). The van der Waals surface area contributed by atoms with Crippen LogP contribution in [0.2, 0.25) is 0 Å². The van der Waals surface area contributed by atoms with E-state index in [2.05, 4.69) is 30.6 Å². The Bertz CT molecular complexity index is 332. The predicted molar refractivity (Wildman–Crippen MR) is 76.3 cm³/mol. The molecule has 2 rings (SSSR count). The van der Waals surface area contributed by atoms with Gasteiger partial charge in [0, 0.05) is 25.2 Å². The van der Waals surface area contributed by atoms with Gasteiger partial charge >= 0.3 is 5.97 Å². The number of hydrogen-bond acceptors (Lipinski definition) is 3. The molecule has 2 aliphatic rings. The van der Waals surface area contributed by atoms with Gasteiger partial charge < -0.3 is 5.11 Å². The third kappa shape index (κ3) is 2.65. The first-order valence-corrected chi connectivity index (χ1v) is 7.75. The van der Waals surface area contributed by atoms with Crippen LogP contribution in [-0.2, 0) is 4.79 Å². The van der Waals surface area contributed by atoms with Crippen LogP contribution in [0.5, 0.6) is 0 Å². The maximum Gasteiger partial charge on any atom is 0.324 e. The largest absolute Gasteiger partial charge is 0.480 e. The summed E-state index contributed by atoms with van der Waals surface area (Å²) in [6.07, 6.45) is 4.72. The quantitative estimate of drug-likeness (QED) is 0.830. The number of rotatable bonds is 5. The molecule has 0 aromatic heterocycles. The summed E-state index contributed by atoms with van der Waals surface area (Å²) in [7, 11) is 0. The summed E-state index contributed by atoms with van der Waals surface area (Å²) in [4.78, 5) is 16.6. The highest BCUT2D eigenvalue weighted by Gasteiger charge is 2.50. The van der Waals surface area contributed by atoms with Crippen LogP contribution in [0.3, 0.4) is 0 Å². The zero-order chi connectivity index (χ0) is 14.0. The van der Waals surface area contributed by atoms with Crippen LogP contribution in [0.15, 0.2) is 0 Å². The van der Waals surface area contributed by atoms with Gasteiger partial charge in [-0.15, -0.1) is 0 Å². The maximum atomic E-state index is 11.8. The first-order valence-electron chi connectivity index (χ1n) is 7.75. The summed E-state index contributed by atoms with van der Waals surface area (Å²) in [6.45, 7) is 9.65. The molecular formula is C15H28N2O2. The fourth-order valence-electron chi connectivity index (χ4n) is 3.94. The first-order chi connectivity index (χ1) is 9.01. The van der Waals surface area contributed by atoms with Crippen molar-refractivity contribution in [1.29, 1.82) is 0 Å². The van der Waals surface area contributed by atoms with Gasteiger partial charge in [-0.1, -0.05) is 13.3 Å². The molecule has 2 heterocycles. The molecule has 110 valence electrons. The molecule has 0 saturated carbocycles. The number of carboxylic acids is 1. The molecule has 4 heteroatoms. The molecular weight excluding hydrogens is 240 g/mol. The van der Waals surface area contributed by atoms with Crippen molar-refractivity contribution < 1.29 is 9.90 Å². The summed E-state index contributed by atoms with van der Waals surface area (Å²) in [5, 5.41) is 9.75. The topological polar surface area (TPSA) is 43.8 Å². The fourth-order valence-corrected chi connectivity index (χ4v) is 3.94. The van der Waals surface area contributed by atoms with Gasteiger partial charge in [0.05, 0.1) is 0 Å². The van der Waals surface area contributed by atoms with Crippen LogP contribution in [0, 0.1) is 0 Å². The predicted octanol–water partition coefficient (Wildman–Crippen LogP) is 2.19. The van der Waals surface area contributed by atoms with E-state index in [4.69, 9.17) is 0 Å². The van der Waals surface area contributed by atoms with Gasteiger partial charge in [-0.25, -0.2) is 0 Å². The van der Waals surface area contributed by atoms with E-state index >= 15 is 0 Å². The normalized spacial score (nSPS) is 33.4. The smallest absolute Gasteiger partial charge is 0.324 e. The second-order valence-corrected chi connectivity index (χ2v) is 6.41. The highest BCUT2D eigenvalue weighted by atomic mass is 16.4. The Labute approximate surface area is 116 Å². The van der Waals surface area contributed by atoms with Gasteiger partial charge in [0.25, 0.3) is 0 Å². The van der Waals surface area contributed by atoms with Crippen molar-refractivity contribution in [2.45, 2.75) is 70.5 Å². The third-order valence-corrected chi connectivity index (χ3v) is 4.97. The van der Waals surface area contributed by atoms with Crippen molar-refractivity contribution in [3.8, 4) is 0 Å². The second-order valence-electron chi connectivity index (χ2n) is 6.41. The van der Waals surface area contributed by atoms with E-state index in [0.29, 0.717) is 12.1 Å². The van der Waals surface area contributed by atoms with Gasteiger partial charge in [0.15, 0.2) is 0 Å². The van der Waals surface area contributed by atoms with E-state index in [9.17, 15) is 9.90 Å². The van der Waals surface area contributed by atoms with Crippen molar-refractivity contribution in [2.75, 3.05) is 19.6 Å². The molecule has 1 N–H and O–H groups in total. The number of carbonyl (C=O) groups is 1. The van der Waals surface area contributed by atoms with E-state index in [0.717, 1.165) is 51.7 Å². The van der Waals surface area contributed by atoms with Gasteiger partial charge in [-0.05, 0) is 46.1 Å². The molecule has 0 bridgehead atoms. The molecule has 2 saturated heterocycles. The molecule has 0 aromatic carbocycles. The lowest BCUT2D eigenvalue weighted by atomic mass is 9.89. The number of aliphatic carboxylic acids is 1. The molecule has 0 radical (unpaired) electrons. The van der Waals surface area contributed by atoms with Gasteiger partial charge in [-0.2, -0.15) is 0 Å². The summed E-state index contributed by atoms with van der Waals surface area (Å²) >= 11 is 0. The lowest BCUT2D eigenvalue weighted by molar-refractivity contribution is -0.151. The fraction of sp³-hybridized carbons (Fsp3) is 0.933. The zero-order valence-electron chi connectivity index (χ0n) is 12.6. The van der Waals surface area contributed by atoms with Crippen LogP contribution in [0.1, 0.15) is 52.9 Å². The van der Waals surface area contributed by atoms with E-state index in [1.165, 1.54) is 0 Å². The van der Waals surface area contributed by atoms with Crippen molar-refractivity contribution in [3.63, 3.8) is 0 Å². The maximum absolute atomic E-state index is 11.8. The zero-order valence-corrected chi connectivity index (χ0v) is 12.6. The molecule has 0 spiro atoms. The second kappa shape index (κ2) is 5.80. The minimum atomic E-state index is -0.602. The molecule has 19 heavy (non-hydrogen) atoms. The Morgan fingerprint density at radius 3 is 2.68 bits per heavy atom. The summed E-state index contributed by atoms with van der Waals surface area (Å²) < 4.78 is 0. The molecule has 0 amide bonds. The van der Waals surface area contributed by atoms with Crippen LogP contribution in [0.25, 0.3) is 0 Å². The van der Waals surface area contributed by atoms with Crippen molar-refractivity contribution in [3.05, 3.63) is 0 Å². The van der Waals surface area contributed by atoms with Crippen LogP contribution in [0.4, 0.5) is 0 Å². The monoisotopic (exact) mass is 268 g/mol. The Balaban J connectivity index is 2.12. The lowest BCUT2D eigenvalue weighted by Crippen LogP contribution is -2.55. The number of likely N-dealkylation sites (tertiary alicyclic amines) is 2. The number of nitrogens with zero attached hydrogens (tertiary/aromatic N) is 2. The van der Waals surface area contributed by atoms with Crippen molar-refractivity contribution in [2.24, 2.45) is 0 Å². The SMILES string of the molecule is CCCC1(C(=O)O)CCCN1C1CCN(C(C)C)C1. The molecule has 0 aromatic rings. The van der Waals surface area contributed by atoms with E-state index < -0.39 is 11.5 Å². The third-order valence-electron chi connectivity index (χ3n) is 4.97. The number of hydrogen-bond donors (Lipinski definition) is 1. The average Bonchev–Trinajstić information content (AvgIpc) is 2.95. The van der Waals surface area contributed by atoms with E-state index in [-0.39, 0.29) is 0 Å². The van der Waals surface area contributed by atoms with Crippen LogP contribution < -0.4 is 0 Å². The molecule has 2 aliphatic heterocycles. The summed E-state index contributed by atoms with van der Waals surface area (Å²) in [6, 6.07) is 1.01. The summed E-state index contributed by atoms with van der Waals surface area (Å²) in [5.41, 5.74) is -0.577. The highest BCUT2D eigenvalue weighted by molar-refractivity contribution is 5.79. The Kier molecular flexibility index (Phi) is 4.51.